The summed E-state index contributed by atoms with van der Waals surface area (Å²) in [4.78, 5) is 23.7. The Labute approximate surface area is 142 Å². The van der Waals surface area contributed by atoms with Gasteiger partial charge in [0.05, 0.1) is 0 Å². The fourth-order valence-electron chi connectivity index (χ4n) is 2.72. The van der Waals surface area contributed by atoms with E-state index < -0.39 is 0 Å². The van der Waals surface area contributed by atoms with E-state index in [1.54, 1.807) is 11.1 Å². The Morgan fingerprint density at radius 2 is 1.79 bits per heavy atom. The third-order valence-electron chi connectivity index (χ3n) is 4.26. The van der Waals surface area contributed by atoms with Crippen LogP contribution in [0.15, 0.2) is 36.5 Å². The summed E-state index contributed by atoms with van der Waals surface area (Å²) in [5, 5.41) is 3.25. The van der Waals surface area contributed by atoms with E-state index in [1.807, 2.05) is 18.2 Å². The maximum Gasteiger partial charge on any atom is 0.229 e. The number of nitrogens with zero attached hydrogens (tertiary/aromatic N) is 4. The Kier molecular flexibility index (Phi) is 4.93. The van der Waals surface area contributed by atoms with Crippen LogP contribution in [0.3, 0.4) is 0 Å². The highest BCUT2D eigenvalue weighted by Gasteiger charge is 2.17. The van der Waals surface area contributed by atoms with E-state index in [0.29, 0.717) is 11.9 Å². The number of hydrogen-bond acceptors (Lipinski definition) is 5. The molecule has 0 atom stereocenters. The van der Waals surface area contributed by atoms with Gasteiger partial charge in [0.1, 0.15) is 5.82 Å². The molecule has 0 radical (unpaired) electrons. The van der Waals surface area contributed by atoms with Gasteiger partial charge in [-0.05, 0) is 29.7 Å². The SMILES string of the molecule is CC(C)c1ccc(Nc2nccc(N3CCN(C=O)CC3)n2)cc1. The smallest absolute Gasteiger partial charge is 0.229 e. The zero-order valence-electron chi connectivity index (χ0n) is 14.1. The van der Waals surface area contributed by atoms with Gasteiger partial charge in [0.15, 0.2) is 0 Å². The lowest BCUT2D eigenvalue weighted by Gasteiger charge is -2.33. The minimum atomic E-state index is 0.517. The topological polar surface area (TPSA) is 61.4 Å². The number of piperazine rings is 1. The van der Waals surface area contributed by atoms with Crippen molar-refractivity contribution in [2.24, 2.45) is 0 Å². The number of rotatable bonds is 5. The fourth-order valence-corrected chi connectivity index (χ4v) is 2.72. The molecule has 0 aliphatic carbocycles. The predicted octanol–water partition coefficient (Wildman–Crippen LogP) is 2.62. The van der Waals surface area contributed by atoms with Crippen molar-refractivity contribution < 1.29 is 4.79 Å². The molecule has 126 valence electrons. The van der Waals surface area contributed by atoms with Crippen LogP contribution in [0.2, 0.25) is 0 Å². The summed E-state index contributed by atoms with van der Waals surface area (Å²) in [5.41, 5.74) is 2.28. The van der Waals surface area contributed by atoms with Gasteiger partial charge in [-0.2, -0.15) is 4.98 Å². The van der Waals surface area contributed by atoms with E-state index in [1.165, 1.54) is 5.56 Å². The van der Waals surface area contributed by atoms with Crippen LogP contribution in [-0.4, -0.2) is 47.5 Å². The van der Waals surface area contributed by atoms with E-state index in [0.717, 1.165) is 44.1 Å². The van der Waals surface area contributed by atoms with Crippen LogP contribution in [0.4, 0.5) is 17.5 Å². The lowest BCUT2D eigenvalue weighted by Crippen LogP contribution is -2.46. The highest BCUT2D eigenvalue weighted by molar-refractivity contribution is 5.56. The minimum Gasteiger partial charge on any atom is -0.353 e. The highest BCUT2D eigenvalue weighted by Crippen LogP contribution is 2.20. The van der Waals surface area contributed by atoms with Gasteiger partial charge in [0.25, 0.3) is 0 Å². The van der Waals surface area contributed by atoms with E-state index in [-0.39, 0.29) is 0 Å². The van der Waals surface area contributed by atoms with Gasteiger partial charge in [-0.25, -0.2) is 4.98 Å². The molecule has 2 heterocycles. The van der Waals surface area contributed by atoms with Gasteiger partial charge in [-0.15, -0.1) is 0 Å². The second-order valence-corrected chi connectivity index (χ2v) is 6.27. The maximum atomic E-state index is 10.8. The third-order valence-corrected chi connectivity index (χ3v) is 4.26. The third kappa shape index (κ3) is 3.82. The maximum absolute atomic E-state index is 10.8. The number of carbonyl (C=O) groups is 1. The first-order valence-corrected chi connectivity index (χ1v) is 8.30. The average molecular weight is 325 g/mol. The van der Waals surface area contributed by atoms with Gasteiger partial charge in [0, 0.05) is 38.1 Å². The Morgan fingerprint density at radius 1 is 1.08 bits per heavy atom. The Bertz CT molecular complexity index is 678. The Balaban J connectivity index is 1.68. The Morgan fingerprint density at radius 3 is 2.42 bits per heavy atom. The van der Waals surface area contributed by atoms with Crippen LogP contribution in [0.25, 0.3) is 0 Å². The van der Waals surface area contributed by atoms with Crippen LogP contribution in [0.1, 0.15) is 25.3 Å². The van der Waals surface area contributed by atoms with Gasteiger partial charge in [-0.3, -0.25) is 4.79 Å². The lowest BCUT2D eigenvalue weighted by atomic mass is 10.0. The first kappa shape index (κ1) is 16.2. The molecule has 0 unspecified atom stereocenters. The standard InChI is InChI=1S/C18H23N5O/c1-14(2)15-3-5-16(6-4-15)20-18-19-8-7-17(21-18)23-11-9-22(13-24)10-12-23/h3-8,13-14H,9-12H2,1-2H3,(H,19,20,21). The van der Waals surface area contributed by atoms with Gasteiger partial charge in [0.2, 0.25) is 12.4 Å². The summed E-state index contributed by atoms with van der Waals surface area (Å²) < 4.78 is 0. The molecule has 1 fully saturated rings. The summed E-state index contributed by atoms with van der Waals surface area (Å²) in [5.74, 6) is 1.99. The molecular weight excluding hydrogens is 302 g/mol. The van der Waals surface area contributed by atoms with Crippen molar-refractivity contribution in [2.45, 2.75) is 19.8 Å². The van der Waals surface area contributed by atoms with Crippen LogP contribution in [0.5, 0.6) is 0 Å². The van der Waals surface area contributed by atoms with Crippen molar-refractivity contribution in [1.82, 2.24) is 14.9 Å². The normalized spacial score (nSPS) is 14.8. The number of aromatic nitrogens is 2. The van der Waals surface area contributed by atoms with Crippen molar-refractivity contribution in [3.63, 3.8) is 0 Å². The quantitative estimate of drug-likeness (QED) is 0.856. The average Bonchev–Trinajstić information content (AvgIpc) is 2.62. The van der Waals surface area contributed by atoms with Crippen molar-refractivity contribution in [3.05, 3.63) is 42.1 Å². The van der Waals surface area contributed by atoms with E-state index in [9.17, 15) is 4.79 Å². The first-order valence-electron chi connectivity index (χ1n) is 8.30. The van der Waals surface area contributed by atoms with Crippen molar-refractivity contribution >= 4 is 23.9 Å². The molecule has 0 bridgehead atoms. The van der Waals surface area contributed by atoms with Gasteiger partial charge >= 0.3 is 0 Å². The summed E-state index contributed by atoms with van der Waals surface area (Å²) >= 11 is 0. The number of hydrogen-bond donors (Lipinski definition) is 1. The zero-order valence-corrected chi connectivity index (χ0v) is 14.1. The van der Waals surface area contributed by atoms with E-state index in [4.69, 9.17) is 0 Å². The summed E-state index contributed by atoms with van der Waals surface area (Å²) in [7, 11) is 0. The molecule has 0 spiro atoms. The zero-order chi connectivity index (χ0) is 16.9. The molecular formula is C18H23N5O. The number of nitrogens with one attached hydrogen (secondary N) is 1. The second kappa shape index (κ2) is 7.29. The van der Waals surface area contributed by atoms with Crippen LogP contribution in [-0.2, 0) is 4.79 Å². The molecule has 1 amide bonds. The van der Waals surface area contributed by atoms with Crippen molar-refractivity contribution in [1.29, 1.82) is 0 Å². The molecule has 1 saturated heterocycles. The molecule has 1 aromatic heterocycles. The molecule has 6 heteroatoms. The summed E-state index contributed by atoms with van der Waals surface area (Å²) in [6.45, 7) is 7.40. The first-order chi connectivity index (χ1) is 11.7. The van der Waals surface area contributed by atoms with Gasteiger partial charge in [-0.1, -0.05) is 26.0 Å². The summed E-state index contributed by atoms with van der Waals surface area (Å²) in [6, 6.07) is 10.2. The van der Waals surface area contributed by atoms with E-state index in [2.05, 4.69) is 46.2 Å². The lowest BCUT2D eigenvalue weighted by molar-refractivity contribution is -0.118. The summed E-state index contributed by atoms with van der Waals surface area (Å²) in [6.07, 6.45) is 2.67. The van der Waals surface area contributed by atoms with Crippen molar-refractivity contribution in [3.8, 4) is 0 Å². The minimum absolute atomic E-state index is 0.517. The monoisotopic (exact) mass is 325 g/mol. The molecule has 2 aromatic rings. The van der Waals surface area contributed by atoms with Crippen molar-refractivity contribution in [2.75, 3.05) is 36.4 Å². The fraction of sp³-hybridized carbons (Fsp3) is 0.389. The highest BCUT2D eigenvalue weighted by atomic mass is 16.1. The van der Waals surface area contributed by atoms with E-state index >= 15 is 0 Å². The molecule has 1 aromatic carbocycles. The molecule has 6 nitrogen and oxygen atoms in total. The predicted molar refractivity (Wildman–Crippen MR) is 95.7 cm³/mol. The van der Waals surface area contributed by atoms with Gasteiger partial charge < -0.3 is 15.1 Å². The van der Waals surface area contributed by atoms with Crippen LogP contribution in [0, 0.1) is 0 Å². The van der Waals surface area contributed by atoms with Crippen LogP contribution >= 0.6 is 0 Å². The molecule has 1 N–H and O–H groups in total. The molecule has 1 aliphatic rings. The Hall–Kier alpha value is -2.63. The number of carbonyl (C=O) groups excluding carboxylic acids is 1. The van der Waals surface area contributed by atoms with Crippen LogP contribution < -0.4 is 10.2 Å². The largest absolute Gasteiger partial charge is 0.353 e. The molecule has 1 aliphatic heterocycles. The second-order valence-electron chi connectivity index (χ2n) is 6.27. The molecule has 3 rings (SSSR count). The number of amides is 1. The number of anilines is 3. The molecule has 0 saturated carbocycles. The number of benzene rings is 1. The molecule has 24 heavy (non-hydrogen) atoms.